The summed E-state index contributed by atoms with van der Waals surface area (Å²) in [5, 5.41) is 14.4. The van der Waals surface area contributed by atoms with Gasteiger partial charge < -0.3 is 19.9 Å². The number of piperidine rings is 1. The van der Waals surface area contributed by atoms with E-state index >= 15 is 0 Å². The minimum atomic E-state index is -0.647. The van der Waals surface area contributed by atoms with E-state index in [9.17, 15) is 9.90 Å². The maximum Gasteiger partial charge on any atom is 0.238 e. The third-order valence-electron chi connectivity index (χ3n) is 6.85. The molecule has 3 atom stereocenters. The number of rotatable bonds is 6. The summed E-state index contributed by atoms with van der Waals surface area (Å²) in [5.74, 6) is 1.63. The molecule has 6 heteroatoms. The lowest BCUT2D eigenvalue weighted by Crippen LogP contribution is -2.56. The fourth-order valence-electron chi connectivity index (χ4n) is 5.22. The number of nitrogens with one attached hydrogen (secondary N) is 1. The van der Waals surface area contributed by atoms with Crippen LogP contribution in [-0.2, 0) is 4.79 Å². The third kappa shape index (κ3) is 4.70. The Labute approximate surface area is 184 Å². The number of fused-ring (bicyclic) bond motifs is 1. The van der Waals surface area contributed by atoms with Gasteiger partial charge in [-0.15, -0.1) is 0 Å². The molecule has 2 aromatic carbocycles. The summed E-state index contributed by atoms with van der Waals surface area (Å²) in [4.78, 5) is 15.1. The highest BCUT2D eigenvalue weighted by atomic mass is 16.5. The van der Waals surface area contributed by atoms with Crippen LogP contribution in [0.4, 0.5) is 5.69 Å². The van der Waals surface area contributed by atoms with Crippen LogP contribution in [0.2, 0.25) is 0 Å². The SMILES string of the molecule is COc1ccc(NC(=O)CN2CC[C@@]3(O)CCCC[C@H]3[C@@H]2c2ccc(OC)cc2)cc1. The van der Waals surface area contributed by atoms with Gasteiger partial charge >= 0.3 is 0 Å². The van der Waals surface area contributed by atoms with Gasteiger partial charge in [-0.3, -0.25) is 9.69 Å². The highest BCUT2D eigenvalue weighted by Gasteiger charge is 2.49. The van der Waals surface area contributed by atoms with Gasteiger partial charge in [0.15, 0.2) is 0 Å². The molecule has 166 valence electrons. The summed E-state index contributed by atoms with van der Waals surface area (Å²) < 4.78 is 10.5. The topological polar surface area (TPSA) is 71.0 Å². The van der Waals surface area contributed by atoms with Crippen LogP contribution in [-0.4, -0.2) is 48.8 Å². The normalized spacial score (nSPS) is 26.0. The number of amides is 1. The number of hydrogen-bond acceptors (Lipinski definition) is 5. The van der Waals surface area contributed by atoms with E-state index in [1.165, 1.54) is 0 Å². The number of likely N-dealkylation sites (tertiary alicyclic amines) is 1. The van der Waals surface area contributed by atoms with Crippen molar-refractivity contribution in [2.45, 2.75) is 43.7 Å². The van der Waals surface area contributed by atoms with Gasteiger partial charge in [-0.1, -0.05) is 25.0 Å². The van der Waals surface area contributed by atoms with Crippen LogP contribution in [0.25, 0.3) is 0 Å². The zero-order valence-electron chi connectivity index (χ0n) is 18.3. The number of anilines is 1. The van der Waals surface area contributed by atoms with Gasteiger partial charge in [0.25, 0.3) is 0 Å². The average Bonchev–Trinajstić information content (AvgIpc) is 2.79. The molecular weight excluding hydrogens is 392 g/mol. The standard InChI is InChI=1S/C25H32N2O4/c1-30-20-10-6-18(7-11-20)24-22-5-3-4-14-25(22,29)15-16-27(24)17-23(28)26-19-8-12-21(31-2)13-9-19/h6-13,22,24,29H,3-5,14-17H2,1-2H3,(H,26,28)/t22-,24-,25-/m0/s1. The summed E-state index contributed by atoms with van der Waals surface area (Å²) >= 11 is 0. The second kappa shape index (κ2) is 9.28. The van der Waals surface area contributed by atoms with Crippen LogP contribution in [0.5, 0.6) is 11.5 Å². The molecule has 2 fully saturated rings. The molecule has 4 rings (SSSR count). The monoisotopic (exact) mass is 424 g/mol. The predicted octanol–water partition coefficient (Wildman–Crippen LogP) is 4.01. The lowest BCUT2D eigenvalue weighted by Gasteiger charge is -2.52. The van der Waals surface area contributed by atoms with Crippen molar-refractivity contribution in [3.8, 4) is 11.5 Å². The quantitative estimate of drug-likeness (QED) is 0.733. The summed E-state index contributed by atoms with van der Waals surface area (Å²) in [6.45, 7) is 0.981. The fourth-order valence-corrected chi connectivity index (χ4v) is 5.22. The Morgan fingerprint density at radius 1 is 1.03 bits per heavy atom. The second-order valence-corrected chi connectivity index (χ2v) is 8.67. The van der Waals surface area contributed by atoms with Crippen molar-refractivity contribution in [3.05, 3.63) is 54.1 Å². The second-order valence-electron chi connectivity index (χ2n) is 8.67. The van der Waals surface area contributed by atoms with Crippen LogP contribution in [0.1, 0.15) is 43.7 Å². The first-order valence-electron chi connectivity index (χ1n) is 11.1. The number of nitrogens with zero attached hydrogens (tertiary/aromatic N) is 1. The number of carbonyl (C=O) groups excluding carboxylic acids is 1. The molecular formula is C25H32N2O4. The molecule has 1 aliphatic carbocycles. The molecule has 0 unspecified atom stereocenters. The van der Waals surface area contributed by atoms with E-state index in [4.69, 9.17) is 9.47 Å². The number of benzene rings is 2. The molecule has 0 spiro atoms. The highest BCUT2D eigenvalue weighted by Crippen LogP contribution is 2.49. The minimum Gasteiger partial charge on any atom is -0.497 e. The van der Waals surface area contributed by atoms with Gasteiger partial charge in [-0.2, -0.15) is 0 Å². The molecule has 0 radical (unpaired) electrons. The molecule has 2 aliphatic rings. The van der Waals surface area contributed by atoms with E-state index < -0.39 is 5.60 Å². The van der Waals surface area contributed by atoms with E-state index in [1.807, 2.05) is 36.4 Å². The number of hydrogen-bond donors (Lipinski definition) is 2. The zero-order valence-corrected chi connectivity index (χ0v) is 18.3. The molecule has 0 bridgehead atoms. The lowest BCUT2D eigenvalue weighted by molar-refractivity contribution is -0.135. The van der Waals surface area contributed by atoms with Gasteiger partial charge in [0.2, 0.25) is 5.91 Å². The summed E-state index contributed by atoms with van der Waals surface area (Å²) in [7, 11) is 3.28. The Bertz CT molecular complexity index is 883. The molecule has 1 saturated heterocycles. The van der Waals surface area contributed by atoms with Crippen molar-refractivity contribution in [1.82, 2.24) is 4.90 Å². The fraction of sp³-hybridized carbons (Fsp3) is 0.480. The molecule has 2 aromatic rings. The molecule has 2 N–H and O–H groups in total. The lowest BCUT2D eigenvalue weighted by atomic mass is 9.66. The first-order chi connectivity index (χ1) is 15.0. The Morgan fingerprint density at radius 2 is 1.68 bits per heavy atom. The van der Waals surface area contributed by atoms with Crippen molar-refractivity contribution in [2.24, 2.45) is 5.92 Å². The molecule has 1 aliphatic heterocycles. The van der Waals surface area contributed by atoms with Gasteiger partial charge in [-0.05, 0) is 61.2 Å². The predicted molar refractivity (Wildman–Crippen MR) is 120 cm³/mol. The van der Waals surface area contributed by atoms with Crippen LogP contribution in [0, 0.1) is 5.92 Å². The van der Waals surface area contributed by atoms with Crippen LogP contribution < -0.4 is 14.8 Å². The number of ether oxygens (including phenoxy) is 2. The summed E-state index contributed by atoms with van der Waals surface area (Å²) in [5.41, 5.74) is 1.23. The average molecular weight is 425 g/mol. The maximum absolute atomic E-state index is 12.9. The van der Waals surface area contributed by atoms with Crippen LogP contribution >= 0.6 is 0 Å². The first kappa shape index (κ1) is 21.7. The van der Waals surface area contributed by atoms with E-state index in [2.05, 4.69) is 22.3 Å². The number of methoxy groups -OCH3 is 2. The Balaban J connectivity index is 1.54. The smallest absolute Gasteiger partial charge is 0.238 e. The first-order valence-corrected chi connectivity index (χ1v) is 11.1. The van der Waals surface area contributed by atoms with Gasteiger partial charge in [-0.25, -0.2) is 0 Å². The third-order valence-corrected chi connectivity index (χ3v) is 6.85. The highest BCUT2D eigenvalue weighted by molar-refractivity contribution is 5.92. The van der Waals surface area contributed by atoms with Gasteiger partial charge in [0.1, 0.15) is 11.5 Å². The molecule has 1 heterocycles. The van der Waals surface area contributed by atoms with Crippen molar-refractivity contribution >= 4 is 11.6 Å². The van der Waals surface area contributed by atoms with E-state index in [-0.39, 0.29) is 24.4 Å². The van der Waals surface area contributed by atoms with Crippen molar-refractivity contribution < 1.29 is 19.4 Å². The largest absolute Gasteiger partial charge is 0.497 e. The van der Waals surface area contributed by atoms with Gasteiger partial charge in [0, 0.05) is 24.2 Å². The Kier molecular flexibility index (Phi) is 6.49. The number of aliphatic hydroxyl groups is 1. The van der Waals surface area contributed by atoms with E-state index in [1.54, 1.807) is 14.2 Å². The van der Waals surface area contributed by atoms with Crippen LogP contribution in [0.3, 0.4) is 0 Å². The maximum atomic E-state index is 12.9. The molecule has 1 saturated carbocycles. The van der Waals surface area contributed by atoms with Crippen molar-refractivity contribution in [1.29, 1.82) is 0 Å². The van der Waals surface area contributed by atoms with Crippen molar-refractivity contribution in [2.75, 3.05) is 32.6 Å². The Morgan fingerprint density at radius 3 is 2.32 bits per heavy atom. The zero-order chi connectivity index (χ0) is 21.8. The minimum absolute atomic E-state index is 0.00609. The summed E-state index contributed by atoms with van der Waals surface area (Å²) in [6, 6.07) is 15.4. The molecule has 6 nitrogen and oxygen atoms in total. The number of carbonyl (C=O) groups is 1. The van der Waals surface area contributed by atoms with Crippen LogP contribution in [0.15, 0.2) is 48.5 Å². The van der Waals surface area contributed by atoms with Gasteiger partial charge in [0.05, 0.1) is 26.4 Å². The summed E-state index contributed by atoms with van der Waals surface area (Å²) in [6.07, 6.45) is 4.71. The van der Waals surface area contributed by atoms with E-state index in [0.29, 0.717) is 13.0 Å². The van der Waals surface area contributed by atoms with Crippen molar-refractivity contribution in [3.63, 3.8) is 0 Å². The molecule has 31 heavy (non-hydrogen) atoms. The van der Waals surface area contributed by atoms with E-state index in [0.717, 1.165) is 48.4 Å². The molecule has 1 amide bonds. The Hall–Kier alpha value is -2.57. The molecule has 0 aromatic heterocycles.